The third-order valence-electron chi connectivity index (χ3n) is 4.11. The fraction of sp³-hybridized carbons (Fsp3) is 0.529. The molecule has 1 aliphatic rings. The van der Waals surface area contributed by atoms with Crippen LogP contribution in [0, 0.1) is 11.8 Å². The smallest absolute Gasteiger partial charge is 0.227 e. The van der Waals surface area contributed by atoms with Gasteiger partial charge < -0.3 is 10.6 Å². The quantitative estimate of drug-likeness (QED) is 0.833. The normalized spacial score (nSPS) is 21.2. The van der Waals surface area contributed by atoms with Gasteiger partial charge in [0.1, 0.15) is 0 Å². The Bertz CT molecular complexity index is 525. The molecule has 1 fully saturated rings. The van der Waals surface area contributed by atoms with Gasteiger partial charge in [0.25, 0.3) is 0 Å². The van der Waals surface area contributed by atoms with E-state index in [2.05, 4.69) is 26.6 Å². The highest BCUT2D eigenvalue weighted by Gasteiger charge is 2.29. The summed E-state index contributed by atoms with van der Waals surface area (Å²) in [6.45, 7) is 2.78. The van der Waals surface area contributed by atoms with E-state index < -0.39 is 0 Å². The summed E-state index contributed by atoms with van der Waals surface area (Å²) in [6.07, 6.45) is 4.11. The summed E-state index contributed by atoms with van der Waals surface area (Å²) in [7, 11) is 0. The van der Waals surface area contributed by atoms with E-state index in [1.165, 1.54) is 0 Å². The van der Waals surface area contributed by atoms with E-state index in [4.69, 9.17) is 0 Å². The molecule has 0 atom stereocenters. The zero-order chi connectivity index (χ0) is 15.9. The molecular formula is C17H23BrN2O2. The molecule has 2 N–H and O–H groups in total. The first-order chi connectivity index (χ1) is 10.6. The van der Waals surface area contributed by atoms with Crippen LogP contribution in [0.5, 0.6) is 0 Å². The van der Waals surface area contributed by atoms with Gasteiger partial charge in [-0.05, 0) is 50.3 Å². The molecule has 0 aromatic heterocycles. The van der Waals surface area contributed by atoms with Crippen LogP contribution in [0.4, 0.5) is 5.69 Å². The Hall–Kier alpha value is -1.36. The number of hydrogen-bond acceptors (Lipinski definition) is 2. The maximum Gasteiger partial charge on any atom is 0.227 e. The molecule has 1 saturated carbocycles. The lowest BCUT2D eigenvalue weighted by Crippen LogP contribution is -2.35. The zero-order valence-electron chi connectivity index (χ0n) is 12.9. The first-order valence-electron chi connectivity index (χ1n) is 7.94. The first kappa shape index (κ1) is 17.0. The molecule has 5 heteroatoms. The van der Waals surface area contributed by atoms with Gasteiger partial charge in [0.05, 0.1) is 0 Å². The molecule has 22 heavy (non-hydrogen) atoms. The van der Waals surface area contributed by atoms with Crippen molar-refractivity contribution in [3.63, 3.8) is 0 Å². The molecule has 4 nitrogen and oxygen atoms in total. The Labute approximate surface area is 140 Å². The van der Waals surface area contributed by atoms with Crippen molar-refractivity contribution in [3.8, 4) is 0 Å². The van der Waals surface area contributed by atoms with Gasteiger partial charge >= 0.3 is 0 Å². The Balaban J connectivity index is 1.81. The van der Waals surface area contributed by atoms with Crippen molar-refractivity contribution in [1.29, 1.82) is 0 Å². The van der Waals surface area contributed by atoms with Gasteiger partial charge in [0.15, 0.2) is 0 Å². The first-order valence-corrected chi connectivity index (χ1v) is 8.73. The Morgan fingerprint density at radius 1 is 1.14 bits per heavy atom. The van der Waals surface area contributed by atoms with Crippen LogP contribution in [0.25, 0.3) is 0 Å². The van der Waals surface area contributed by atoms with Crippen LogP contribution in [0.2, 0.25) is 0 Å². The summed E-state index contributed by atoms with van der Waals surface area (Å²) < 4.78 is 0.946. The lowest BCUT2D eigenvalue weighted by molar-refractivity contribution is -0.128. The van der Waals surface area contributed by atoms with E-state index in [0.717, 1.165) is 48.8 Å². The predicted molar refractivity (Wildman–Crippen MR) is 91.5 cm³/mol. The molecule has 0 spiro atoms. The second-order valence-corrected chi connectivity index (χ2v) is 6.75. The maximum atomic E-state index is 12.3. The van der Waals surface area contributed by atoms with Crippen LogP contribution in [-0.4, -0.2) is 18.4 Å². The molecule has 0 radical (unpaired) electrons. The monoisotopic (exact) mass is 366 g/mol. The van der Waals surface area contributed by atoms with Gasteiger partial charge in [-0.2, -0.15) is 0 Å². The summed E-state index contributed by atoms with van der Waals surface area (Å²) >= 11 is 3.40. The van der Waals surface area contributed by atoms with E-state index in [-0.39, 0.29) is 23.7 Å². The number of halogens is 1. The number of nitrogens with one attached hydrogen (secondary N) is 2. The molecule has 0 unspecified atom stereocenters. The van der Waals surface area contributed by atoms with Gasteiger partial charge in [-0.15, -0.1) is 0 Å². The van der Waals surface area contributed by atoms with Crippen molar-refractivity contribution in [2.24, 2.45) is 11.8 Å². The molecule has 120 valence electrons. The summed E-state index contributed by atoms with van der Waals surface area (Å²) in [4.78, 5) is 24.2. The fourth-order valence-electron chi connectivity index (χ4n) is 2.82. The molecule has 1 aromatic rings. The lowest BCUT2D eigenvalue weighted by Gasteiger charge is -2.27. The van der Waals surface area contributed by atoms with Gasteiger partial charge in [0.2, 0.25) is 11.8 Å². The molecule has 0 saturated heterocycles. The lowest BCUT2D eigenvalue weighted by atomic mass is 9.81. The standard InChI is InChI=1S/C17H23BrN2O2/c1-2-10-19-16(21)12-6-8-13(9-7-12)17(22)20-15-5-3-4-14(18)11-15/h3-5,11-13H,2,6-10H2,1H3,(H,19,21)(H,20,22). The van der Waals surface area contributed by atoms with Crippen molar-refractivity contribution < 1.29 is 9.59 Å². The number of carbonyl (C=O) groups excluding carboxylic acids is 2. The number of benzene rings is 1. The highest BCUT2D eigenvalue weighted by atomic mass is 79.9. The Kier molecular flexibility index (Phi) is 6.43. The summed E-state index contributed by atoms with van der Waals surface area (Å²) in [5.41, 5.74) is 0.808. The summed E-state index contributed by atoms with van der Waals surface area (Å²) in [5, 5.41) is 5.91. The van der Waals surface area contributed by atoms with Gasteiger partial charge in [-0.3, -0.25) is 9.59 Å². The molecule has 0 heterocycles. The molecule has 1 aromatic carbocycles. The van der Waals surface area contributed by atoms with E-state index in [0.29, 0.717) is 0 Å². The minimum Gasteiger partial charge on any atom is -0.356 e. The summed E-state index contributed by atoms with van der Waals surface area (Å²) in [5.74, 6) is 0.286. The largest absolute Gasteiger partial charge is 0.356 e. The van der Waals surface area contributed by atoms with E-state index in [1.54, 1.807) is 0 Å². The van der Waals surface area contributed by atoms with Crippen LogP contribution in [0.3, 0.4) is 0 Å². The fourth-order valence-corrected chi connectivity index (χ4v) is 3.22. The Morgan fingerprint density at radius 2 is 1.77 bits per heavy atom. The minimum atomic E-state index is 0.00852. The van der Waals surface area contributed by atoms with E-state index in [9.17, 15) is 9.59 Å². The Morgan fingerprint density at radius 3 is 2.36 bits per heavy atom. The van der Waals surface area contributed by atoms with Crippen molar-refractivity contribution in [1.82, 2.24) is 5.32 Å². The average Bonchev–Trinajstić information content (AvgIpc) is 2.52. The average molecular weight is 367 g/mol. The van der Waals surface area contributed by atoms with Gasteiger partial charge in [-0.25, -0.2) is 0 Å². The van der Waals surface area contributed by atoms with Gasteiger partial charge in [0, 0.05) is 28.5 Å². The second-order valence-electron chi connectivity index (χ2n) is 5.84. The highest BCUT2D eigenvalue weighted by molar-refractivity contribution is 9.10. The van der Waals surface area contributed by atoms with Crippen molar-refractivity contribution in [3.05, 3.63) is 28.7 Å². The third kappa shape index (κ3) is 4.83. The number of anilines is 1. The maximum absolute atomic E-state index is 12.3. The van der Waals surface area contributed by atoms with Crippen LogP contribution in [0.15, 0.2) is 28.7 Å². The van der Waals surface area contributed by atoms with Crippen LogP contribution in [0.1, 0.15) is 39.0 Å². The number of rotatable bonds is 5. The molecule has 0 aliphatic heterocycles. The number of hydrogen-bond donors (Lipinski definition) is 2. The second kappa shape index (κ2) is 8.32. The zero-order valence-corrected chi connectivity index (χ0v) is 14.5. The third-order valence-corrected chi connectivity index (χ3v) is 4.60. The predicted octanol–water partition coefficient (Wildman–Crippen LogP) is 3.72. The minimum absolute atomic E-state index is 0.00852. The van der Waals surface area contributed by atoms with E-state index >= 15 is 0 Å². The highest BCUT2D eigenvalue weighted by Crippen LogP contribution is 2.30. The molecule has 0 bridgehead atoms. The van der Waals surface area contributed by atoms with Crippen molar-refractivity contribution in [2.45, 2.75) is 39.0 Å². The van der Waals surface area contributed by atoms with E-state index in [1.807, 2.05) is 31.2 Å². The molecule has 1 aliphatic carbocycles. The van der Waals surface area contributed by atoms with Crippen molar-refractivity contribution in [2.75, 3.05) is 11.9 Å². The van der Waals surface area contributed by atoms with Crippen LogP contribution < -0.4 is 10.6 Å². The summed E-state index contributed by atoms with van der Waals surface area (Å²) in [6, 6.07) is 7.60. The topological polar surface area (TPSA) is 58.2 Å². The van der Waals surface area contributed by atoms with Gasteiger partial charge in [-0.1, -0.05) is 28.9 Å². The number of amides is 2. The molecule has 2 amide bonds. The molecular weight excluding hydrogens is 344 g/mol. The van der Waals surface area contributed by atoms with Crippen LogP contribution in [-0.2, 0) is 9.59 Å². The van der Waals surface area contributed by atoms with Crippen molar-refractivity contribution >= 4 is 33.4 Å². The molecule has 2 rings (SSSR count). The van der Waals surface area contributed by atoms with Crippen LogP contribution >= 0.6 is 15.9 Å². The SMILES string of the molecule is CCCNC(=O)C1CCC(C(=O)Nc2cccc(Br)c2)CC1. The number of carbonyl (C=O) groups is 2.